The predicted octanol–water partition coefficient (Wildman–Crippen LogP) is 3.26. The molecule has 2 aromatic rings. The molecule has 0 aromatic heterocycles. The molecule has 0 fully saturated rings. The molecule has 2 atom stereocenters. The topological polar surface area (TPSA) is 75.0 Å². The minimum Gasteiger partial charge on any atom is -0.454 e. The Hall–Kier alpha value is -2.44. The number of nitrogens with two attached hydrogens (primary N) is 1. The van der Waals surface area contributed by atoms with Crippen LogP contribution in [0.15, 0.2) is 36.4 Å². The molecule has 2 unspecified atom stereocenters. The van der Waals surface area contributed by atoms with Gasteiger partial charge in [-0.1, -0.05) is 19.1 Å². The van der Waals surface area contributed by atoms with Crippen molar-refractivity contribution in [2.24, 2.45) is 5.73 Å². The van der Waals surface area contributed by atoms with Crippen LogP contribution < -0.4 is 30.0 Å². The first-order valence-corrected chi connectivity index (χ1v) is 9.79. The molecule has 0 aliphatic carbocycles. The minimum absolute atomic E-state index is 0.181. The van der Waals surface area contributed by atoms with Gasteiger partial charge in [0.2, 0.25) is 13.6 Å². The van der Waals surface area contributed by atoms with Crippen LogP contribution in [0.4, 0.5) is 0 Å². The smallest absolute Gasteiger partial charge is 0.231 e. The fourth-order valence-corrected chi connectivity index (χ4v) is 3.24. The molecule has 28 heavy (non-hydrogen) atoms. The maximum atomic E-state index is 5.70. The summed E-state index contributed by atoms with van der Waals surface area (Å²) in [5, 5.41) is 3.30. The van der Waals surface area contributed by atoms with Gasteiger partial charge in [-0.05, 0) is 68.6 Å². The highest BCUT2D eigenvalue weighted by Gasteiger charge is 2.15. The molecule has 6 nitrogen and oxygen atoms in total. The van der Waals surface area contributed by atoms with E-state index in [4.69, 9.17) is 24.7 Å². The second-order valence-corrected chi connectivity index (χ2v) is 7.15. The third-order valence-electron chi connectivity index (χ3n) is 4.81. The predicted molar refractivity (Wildman–Crippen MR) is 109 cm³/mol. The van der Waals surface area contributed by atoms with Gasteiger partial charge in [0.15, 0.2) is 23.0 Å². The quantitative estimate of drug-likeness (QED) is 0.794. The molecule has 0 bridgehead atoms. The van der Waals surface area contributed by atoms with Crippen LogP contribution in [-0.2, 0) is 12.8 Å². The molecule has 0 radical (unpaired) electrons. The van der Waals surface area contributed by atoms with Crippen LogP contribution in [0.5, 0.6) is 23.0 Å². The van der Waals surface area contributed by atoms with E-state index in [0.29, 0.717) is 19.6 Å². The van der Waals surface area contributed by atoms with Crippen molar-refractivity contribution in [1.29, 1.82) is 0 Å². The fraction of sp³-hybridized carbons (Fsp3) is 0.455. The molecule has 2 aliphatic rings. The Bertz CT molecular complexity index is 775. The van der Waals surface area contributed by atoms with Gasteiger partial charge in [-0.3, -0.25) is 0 Å². The largest absolute Gasteiger partial charge is 0.454 e. The van der Waals surface area contributed by atoms with Gasteiger partial charge >= 0.3 is 0 Å². The van der Waals surface area contributed by atoms with Gasteiger partial charge in [-0.25, -0.2) is 0 Å². The van der Waals surface area contributed by atoms with Crippen molar-refractivity contribution in [2.45, 2.75) is 45.2 Å². The first kappa shape index (κ1) is 20.3. The molecule has 2 aliphatic heterocycles. The molecule has 3 N–H and O–H groups in total. The summed E-state index contributed by atoms with van der Waals surface area (Å²) in [5.74, 6) is 3.39. The van der Waals surface area contributed by atoms with E-state index < -0.39 is 0 Å². The zero-order chi connectivity index (χ0) is 19.9. The summed E-state index contributed by atoms with van der Waals surface area (Å²) in [6, 6.07) is 12.8. The van der Waals surface area contributed by atoms with Crippen molar-refractivity contribution in [3.8, 4) is 23.0 Å². The summed E-state index contributed by atoms with van der Waals surface area (Å²) in [6.07, 6.45) is 3.03. The van der Waals surface area contributed by atoms with E-state index in [2.05, 4.69) is 24.4 Å². The van der Waals surface area contributed by atoms with E-state index in [0.717, 1.165) is 42.3 Å². The van der Waals surface area contributed by atoms with E-state index >= 15 is 0 Å². The van der Waals surface area contributed by atoms with Crippen LogP contribution in [0.1, 0.15) is 31.4 Å². The van der Waals surface area contributed by atoms with Crippen LogP contribution >= 0.6 is 0 Å². The summed E-state index contributed by atoms with van der Waals surface area (Å²) < 4.78 is 21.1. The van der Waals surface area contributed by atoms with Crippen molar-refractivity contribution < 1.29 is 18.9 Å². The Morgan fingerprint density at radius 2 is 1.36 bits per heavy atom. The number of likely N-dealkylation sites (N-methyl/N-ethyl adjacent to an activating group) is 1. The summed E-state index contributed by atoms with van der Waals surface area (Å²) >= 11 is 0. The lowest BCUT2D eigenvalue weighted by atomic mass is 10.0. The van der Waals surface area contributed by atoms with Crippen LogP contribution in [0.2, 0.25) is 0 Å². The van der Waals surface area contributed by atoms with Gasteiger partial charge in [0, 0.05) is 12.1 Å². The molecule has 0 spiro atoms. The van der Waals surface area contributed by atoms with E-state index in [9.17, 15) is 0 Å². The van der Waals surface area contributed by atoms with E-state index in [1.54, 1.807) is 0 Å². The highest BCUT2D eigenvalue weighted by molar-refractivity contribution is 5.45. The van der Waals surface area contributed by atoms with Crippen LogP contribution in [0, 0.1) is 0 Å². The molecule has 152 valence electrons. The molecule has 4 rings (SSSR count). The molecular weight excluding hydrogens is 356 g/mol. The minimum atomic E-state index is 0.181. The number of ether oxygens (including phenoxy) is 4. The van der Waals surface area contributed by atoms with Crippen molar-refractivity contribution >= 4 is 0 Å². The Kier molecular flexibility index (Phi) is 7.01. The van der Waals surface area contributed by atoms with Gasteiger partial charge in [-0.15, -0.1) is 0 Å². The number of hydrogen-bond acceptors (Lipinski definition) is 6. The standard InChI is InChI=1S/C12H17NO2.C10H13NO2/c1-3-10(13-2)6-9-4-5-11-12(7-9)15-8-14-11;1-7(11)4-8-2-3-9-10(5-8)13-6-12-9/h4-5,7,10,13H,3,6,8H2,1-2H3;2-3,5,7H,4,6,11H2,1H3. The van der Waals surface area contributed by atoms with Gasteiger partial charge in [0.05, 0.1) is 0 Å². The fourth-order valence-electron chi connectivity index (χ4n) is 3.24. The maximum Gasteiger partial charge on any atom is 0.231 e. The number of hydrogen-bond donors (Lipinski definition) is 2. The molecule has 6 heteroatoms. The number of fused-ring (bicyclic) bond motifs is 2. The van der Waals surface area contributed by atoms with Gasteiger partial charge < -0.3 is 30.0 Å². The monoisotopic (exact) mass is 386 g/mol. The zero-order valence-electron chi connectivity index (χ0n) is 16.9. The third-order valence-corrected chi connectivity index (χ3v) is 4.81. The molecule has 0 saturated heterocycles. The van der Waals surface area contributed by atoms with Crippen molar-refractivity contribution in [1.82, 2.24) is 5.32 Å². The molecule has 2 aromatic carbocycles. The molecule has 0 amide bonds. The first-order valence-electron chi connectivity index (χ1n) is 9.79. The van der Waals surface area contributed by atoms with E-state index in [-0.39, 0.29) is 6.04 Å². The van der Waals surface area contributed by atoms with Crippen LogP contribution in [0.25, 0.3) is 0 Å². The van der Waals surface area contributed by atoms with Crippen LogP contribution in [0.3, 0.4) is 0 Å². The van der Waals surface area contributed by atoms with Crippen molar-refractivity contribution in [2.75, 3.05) is 20.6 Å². The number of benzene rings is 2. The second kappa shape index (κ2) is 9.66. The Morgan fingerprint density at radius 3 is 1.82 bits per heavy atom. The third kappa shape index (κ3) is 5.30. The lowest BCUT2D eigenvalue weighted by Crippen LogP contribution is -2.26. The summed E-state index contributed by atoms with van der Waals surface area (Å²) in [7, 11) is 2.00. The summed E-state index contributed by atoms with van der Waals surface area (Å²) in [6.45, 7) is 4.86. The average molecular weight is 386 g/mol. The Morgan fingerprint density at radius 1 is 0.857 bits per heavy atom. The molecule has 2 heterocycles. The summed E-state index contributed by atoms with van der Waals surface area (Å²) in [5.41, 5.74) is 8.18. The number of rotatable bonds is 6. The highest BCUT2D eigenvalue weighted by Crippen LogP contribution is 2.33. The van der Waals surface area contributed by atoms with Gasteiger partial charge in [0.25, 0.3) is 0 Å². The van der Waals surface area contributed by atoms with E-state index in [1.165, 1.54) is 11.1 Å². The maximum absolute atomic E-state index is 5.70. The Labute approximate surface area is 166 Å². The highest BCUT2D eigenvalue weighted by atomic mass is 16.7. The van der Waals surface area contributed by atoms with Crippen molar-refractivity contribution in [3.63, 3.8) is 0 Å². The lowest BCUT2D eigenvalue weighted by Gasteiger charge is -2.13. The van der Waals surface area contributed by atoms with E-state index in [1.807, 2.05) is 38.2 Å². The summed E-state index contributed by atoms with van der Waals surface area (Å²) in [4.78, 5) is 0. The molecular formula is C22H30N2O4. The first-order chi connectivity index (χ1) is 13.6. The van der Waals surface area contributed by atoms with Crippen molar-refractivity contribution in [3.05, 3.63) is 47.5 Å². The Balaban J connectivity index is 0.000000162. The van der Waals surface area contributed by atoms with Gasteiger partial charge in [-0.2, -0.15) is 0 Å². The second-order valence-electron chi connectivity index (χ2n) is 7.15. The zero-order valence-corrected chi connectivity index (χ0v) is 16.9. The lowest BCUT2D eigenvalue weighted by molar-refractivity contribution is 0.173. The number of nitrogens with one attached hydrogen (secondary N) is 1. The molecule has 0 saturated carbocycles. The normalized spacial score (nSPS) is 15.6. The average Bonchev–Trinajstić information content (AvgIpc) is 3.34. The van der Waals surface area contributed by atoms with Gasteiger partial charge in [0.1, 0.15) is 0 Å². The SMILES string of the molecule is CC(N)Cc1ccc2c(c1)OCO2.CCC(Cc1ccc2c(c1)OCO2)NC. The van der Waals surface area contributed by atoms with Crippen LogP contribution in [-0.4, -0.2) is 32.7 Å².